The fourth-order valence-corrected chi connectivity index (χ4v) is 3.28. The van der Waals surface area contributed by atoms with Crippen LogP contribution in [0.5, 0.6) is 0 Å². The molecule has 2 aliphatic rings. The second-order valence-electron chi connectivity index (χ2n) is 4.75. The standard InChI is InChI=1S/C12H19N/c1-2-3-4-12(13)11-8-9-5-6-10(11)7-9/h1,9-12H,3-8,13H2. The molecule has 0 radical (unpaired) electrons. The molecule has 0 spiro atoms. The van der Waals surface area contributed by atoms with Gasteiger partial charge in [-0.3, -0.25) is 0 Å². The van der Waals surface area contributed by atoms with Crippen molar-refractivity contribution in [2.24, 2.45) is 23.5 Å². The van der Waals surface area contributed by atoms with Gasteiger partial charge < -0.3 is 5.73 Å². The van der Waals surface area contributed by atoms with Gasteiger partial charge in [-0.15, -0.1) is 12.3 Å². The molecule has 2 aliphatic carbocycles. The molecule has 2 rings (SSSR count). The molecule has 0 amide bonds. The molecule has 4 unspecified atom stereocenters. The first-order valence-electron chi connectivity index (χ1n) is 5.50. The molecule has 0 aromatic rings. The van der Waals surface area contributed by atoms with Crippen molar-refractivity contribution in [3.63, 3.8) is 0 Å². The monoisotopic (exact) mass is 177 g/mol. The molecule has 2 N–H and O–H groups in total. The summed E-state index contributed by atoms with van der Waals surface area (Å²) in [4.78, 5) is 0. The van der Waals surface area contributed by atoms with Crippen molar-refractivity contribution in [3.8, 4) is 12.3 Å². The fraction of sp³-hybridized carbons (Fsp3) is 0.833. The molecule has 1 nitrogen and oxygen atoms in total. The second-order valence-corrected chi connectivity index (χ2v) is 4.75. The van der Waals surface area contributed by atoms with Crippen LogP contribution in [0.25, 0.3) is 0 Å². The van der Waals surface area contributed by atoms with Gasteiger partial charge >= 0.3 is 0 Å². The lowest BCUT2D eigenvalue weighted by molar-refractivity contribution is 0.274. The third-order valence-corrected chi connectivity index (χ3v) is 3.96. The Morgan fingerprint density at radius 2 is 2.23 bits per heavy atom. The van der Waals surface area contributed by atoms with Crippen molar-refractivity contribution in [1.29, 1.82) is 0 Å². The van der Waals surface area contributed by atoms with Crippen LogP contribution in [-0.4, -0.2) is 6.04 Å². The van der Waals surface area contributed by atoms with Crippen LogP contribution in [0.3, 0.4) is 0 Å². The number of fused-ring (bicyclic) bond motifs is 2. The van der Waals surface area contributed by atoms with E-state index in [4.69, 9.17) is 12.2 Å². The smallest absolute Gasteiger partial charge is 0.0101 e. The average molecular weight is 177 g/mol. The van der Waals surface area contributed by atoms with Crippen LogP contribution >= 0.6 is 0 Å². The molecule has 2 saturated carbocycles. The first-order valence-corrected chi connectivity index (χ1v) is 5.50. The van der Waals surface area contributed by atoms with E-state index in [1.54, 1.807) is 0 Å². The molecular weight excluding hydrogens is 158 g/mol. The van der Waals surface area contributed by atoms with E-state index in [9.17, 15) is 0 Å². The largest absolute Gasteiger partial charge is 0.327 e. The maximum atomic E-state index is 6.16. The maximum Gasteiger partial charge on any atom is 0.0101 e. The SMILES string of the molecule is C#CCCC(N)C1CC2CCC1C2. The van der Waals surface area contributed by atoms with Gasteiger partial charge in [0.2, 0.25) is 0 Å². The van der Waals surface area contributed by atoms with Crippen LogP contribution in [0.1, 0.15) is 38.5 Å². The van der Waals surface area contributed by atoms with Gasteiger partial charge in [0.05, 0.1) is 0 Å². The predicted octanol–water partition coefficient (Wildman–Crippen LogP) is 2.16. The van der Waals surface area contributed by atoms with Crippen LogP contribution in [0.15, 0.2) is 0 Å². The molecule has 0 saturated heterocycles. The van der Waals surface area contributed by atoms with Crippen LogP contribution in [0.2, 0.25) is 0 Å². The van der Waals surface area contributed by atoms with Crippen molar-refractivity contribution >= 4 is 0 Å². The highest BCUT2D eigenvalue weighted by molar-refractivity contribution is 4.95. The van der Waals surface area contributed by atoms with Crippen molar-refractivity contribution in [3.05, 3.63) is 0 Å². The first-order chi connectivity index (χ1) is 6.31. The average Bonchev–Trinajstić information content (AvgIpc) is 2.74. The molecule has 0 aliphatic heterocycles. The Morgan fingerprint density at radius 3 is 2.77 bits per heavy atom. The quantitative estimate of drug-likeness (QED) is 0.657. The molecule has 4 atom stereocenters. The lowest BCUT2D eigenvalue weighted by atomic mass is 9.82. The summed E-state index contributed by atoms with van der Waals surface area (Å²) in [6.45, 7) is 0. The van der Waals surface area contributed by atoms with Gasteiger partial charge in [-0.05, 0) is 43.4 Å². The Labute approximate surface area is 81.1 Å². The number of nitrogens with two attached hydrogens (primary N) is 1. The summed E-state index contributed by atoms with van der Waals surface area (Å²) in [6.07, 6.45) is 12.9. The summed E-state index contributed by atoms with van der Waals surface area (Å²) < 4.78 is 0. The molecule has 13 heavy (non-hydrogen) atoms. The Morgan fingerprint density at radius 1 is 1.38 bits per heavy atom. The summed E-state index contributed by atoms with van der Waals surface area (Å²) in [7, 11) is 0. The van der Waals surface area contributed by atoms with E-state index >= 15 is 0 Å². The minimum atomic E-state index is 0.381. The van der Waals surface area contributed by atoms with Gasteiger partial charge in [0, 0.05) is 12.5 Å². The van der Waals surface area contributed by atoms with Crippen molar-refractivity contribution in [2.75, 3.05) is 0 Å². The summed E-state index contributed by atoms with van der Waals surface area (Å²) in [5.74, 6) is 5.43. The van der Waals surface area contributed by atoms with Crippen LogP contribution in [0, 0.1) is 30.1 Å². The Hall–Kier alpha value is -0.480. The molecule has 0 aromatic carbocycles. The molecule has 1 heteroatoms. The zero-order chi connectivity index (χ0) is 9.26. The highest BCUT2D eigenvalue weighted by Gasteiger charge is 2.41. The third-order valence-electron chi connectivity index (χ3n) is 3.96. The van der Waals surface area contributed by atoms with Gasteiger partial charge in [0.1, 0.15) is 0 Å². The Bertz CT molecular complexity index is 216. The first kappa shape index (κ1) is 9.09. The number of rotatable bonds is 3. The molecule has 2 fully saturated rings. The zero-order valence-electron chi connectivity index (χ0n) is 8.21. The molecule has 72 valence electrons. The number of hydrogen-bond donors (Lipinski definition) is 1. The highest BCUT2D eigenvalue weighted by Crippen LogP contribution is 2.49. The van der Waals surface area contributed by atoms with Gasteiger partial charge in [-0.25, -0.2) is 0 Å². The van der Waals surface area contributed by atoms with Gasteiger partial charge in [-0.2, -0.15) is 0 Å². The van der Waals surface area contributed by atoms with E-state index in [0.717, 1.165) is 30.6 Å². The summed E-state index contributed by atoms with van der Waals surface area (Å²) >= 11 is 0. The summed E-state index contributed by atoms with van der Waals surface area (Å²) in [6, 6.07) is 0.381. The Kier molecular flexibility index (Phi) is 2.60. The molecular formula is C12H19N. The molecule has 2 bridgehead atoms. The maximum absolute atomic E-state index is 6.16. The third kappa shape index (κ3) is 1.74. The number of terminal acetylenes is 1. The van der Waals surface area contributed by atoms with E-state index in [1.807, 2.05) is 0 Å². The Balaban J connectivity index is 1.84. The van der Waals surface area contributed by atoms with Gasteiger partial charge in [-0.1, -0.05) is 6.42 Å². The van der Waals surface area contributed by atoms with Crippen LogP contribution in [-0.2, 0) is 0 Å². The fourth-order valence-electron chi connectivity index (χ4n) is 3.28. The molecule has 0 aromatic heterocycles. The predicted molar refractivity (Wildman–Crippen MR) is 55.0 cm³/mol. The van der Waals surface area contributed by atoms with E-state index in [2.05, 4.69) is 5.92 Å². The van der Waals surface area contributed by atoms with E-state index < -0.39 is 0 Å². The number of hydrogen-bond acceptors (Lipinski definition) is 1. The van der Waals surface area contributed by atoms with Crippen molar-refractivity contribution < 1.29 is 0 Å². The lowest BCUT2D eigenvalue weighted by Crippen LogP contribution is -2.33. The van der Waals surface area contributed by atoms with Gasteiger partial charge in [0.25, 0.3) is 0 Å². The summed E-state index contributed by atoms with van der Waals surface area (Å²) in [5.41, 5.74) is 6.16. The topological polar surface area (TPSA) is 26.0 Å². The van der Waals surface area contributed by atoms with Gasteiger partial charge in [0.15, 0.2) is 0 Å². The normalized spacial score (nSPS) is 38.9. The minimum absolute atomic E-state index is 0.381. The van der Waals surface area contributed by atoms with Crippen molar-refractivity contribution in [2.45, 2.75) is 44.6 Å². The zero-order valence-corrected chi connectivity index (χ0v) is 8.21. The lowest BCUT2D eigenvalue weighted by Gasteiger charge is -2.27. The molecule has 0 heterocycles. The summed E-state index contributed by atoms with van der Waals surface area (Å²) in [5, 5.41) is 0. The van der Waals surface area contributed by atoms with E-state index in [1.165, 1.54) is 25.7 Å². The van der Waals surface area contributed by atoms with E-state index in [-0.39, 0.29) is 0 Å². The van der Waals surface area contributed by atoms with Crippen molar-refractivity contribution in [1.82, 2.24) is 0 Å². The second kappa shape index (κ2) is 3.72. The van der Waals surface area contributed by atoms with Crippen LogP contribution < -0.4 is 5.73 Å². The van der Waals surface area contributed by atoms with Crippen LogP contribution in [0.4, 0.5) is 0 Å². The highest BCUT2D eigenvalue weighted by atomic mass is 14.7. The minimum Gasteiger partial charge on any atom is -0.327 e. The van der Waals surface area contributed by atoms with E-state index in [0.29, 0.717) is 6.04 Å².